The number of hydrogen-bond donors (Lipinski definition) is 0. The van der Waals surface area contributed by atoms with Crippen molar-refractivity contribution in [2.24, 2.45) is 0 Å². The minimum absolute atomic E-state index is 0.0257. The van der Waals surface area contributed by atoms with Crippen molar-refractivity contribution in [2.75, 3.05) is 37.9 Å². The molecular weight excluding hydrogens is 448 g/mol. The van der Waals surface area contributed by atoms with Crippen molar-refractivity contribution in [1.29, 1.82) is 0 Å². The molecule has 1 fully saturated rings. The molecule has 2 aromatic carbocycles. The molecule has 0 atom stereocenters. The Kier molecular flexibility index (Phi) is 6.80. The van der Waals surface area contributed by atoms with Crippen molar-refractivity contribution in [3.05, 3.63) is 64.7 Å². The van der Waals surface area contributed by atoms with Crippen molar-refractivity contribution in [1.82, 2.24) is 14.8 Å². The van der Waals surface area contributed by atoms with Gasteiger partial charge in [0.05, 0.1) is 11.4 Å². The van der Waals surface area contributed by atoms with Crippen LogP contribution in [0.2, 0.25) is 0 Å². The van der Waals surface area contributed by atoms with Crippen LogP contribution in [0.3, 0.4) is 0 Å². The highest BCUT2D eigenvalue weighted by atomic mass is 32.1. The fraction of sp³-hybridized carbons (Fsp3) is 0.385. The third kappa shape index (κ3) is 5.09. The number of anilines is 2. The Morgan fingerprint density at radius 2 is 1.65 bits per heavy atom. The molecule has 2 aliphatic heterocycles. The number of amides is 1. The van der Waals surface area contributed by atoms with E-state index in [9.17, 15) is 4.79 Å². The summed E-state index contributed by atoms with van der Waals surface area (Å²) in [4.78, 5) is 23.8. The Bertz CT molecular complexity index is 1140. The zero-order valence-electron chi connectivity index (χ0n) is 19.7. The van der Waals surface area contributed by atoms with E-state index in [0.717, 1.165) is 73.7 Å². The van der Waals surface area contributed by atoms with E-state index in [1.807, 2.05) is 18.2 Å². The predicted molar refractivity (Wildman–Crippen MR) is 134 cm³/mol. The number of thiazole rings is 1. The highest BCUT2D eigenvalue weighted by Crippen LogP contribution is 2.33. The molecule has 0 spiro atoms. The standard InChI is InChI=1S/C26H30N4O3S/c1-3-20-4-7-23(8-5-20)30(19(2)31)26-27-22(17-34-26)16-29-12-10-28(11-13-29)15-21-6-9-24-25(14-21)33-18-32-24/h4-9,14,17H,3,10-13,15-16,18H2,1-2H3. The van der Waals surface area contributed by atoms with Crippen molar-refractivity contribution >= 4 is 28.1 Å². The number of piperazine rings is 1. The minimum atomic E-state index is -0.0257. The number of carbonyl (C=O) groups excluding carboxylic acids is 1. The molecule has 0 radical (unpaired) electrons. The van der Waals surface area contributed by atoms with Gasteiger partial charge in [0.15, 0.2) is 16.6 Å². The average Bonchev–Trinajstić information content (AvgIpc) is 3.50. The second-order valence-corrected chi connectivity index (χ2v) is 9.57. The van der Waals surface area contributed by atoms with Crippen LogP contribution in [0.4, 0.5) is 10.8 Å². The first kappa shape index (κ1) is 22.8. The summed E-state index contributed by atoms with van der Waals surface area (Å²) in [5.41, 5.74) is 4.38. The molecule has 0 unspecified atom stereocenters. The summed E-state index contributed by atoms with van der Waals surface area (Å²) in [5.74, 6) is 1.65. The first-order valence-electron chi connectivity index (χ1n) is 11.8. The maximum atomic E-state index is 12.4. The summed E-state index contributed by atoms with van der Waals surface area (Å²) in [7, 11) is 0. The number of aromatic nitrogens is 1. The molecule has 1 saturated heterocycles. The normalized spacial score (nSPS) is 16.1. The monoisotopic (exact) mass is 478 g/mol. The maximum absolute atomic E-state index is 12.4. The molecule has 3 aromatic rings. The molecule has 2 aliphatic rings. The lowest BCUT2D eigenvalue weighted by Gasteiger charge is -2.34. The van der Waals surface area contributed by atoms with Gasteiger partial charge in [-0.15, -0.1) is 11.3 Å². The van der Waals surface area contributed by atoms with Crippen LogP contribution in [0.25, 0.3) is 0 Å². The van der Waals surface area contributed by atoms with Gasteiger partial charge in [-0.2, -0.15) is 0 Å². The number of aryl methyl sites for hydroxylation is 1. The van der Waals surface area contributed by atoms with E-state index in [1.165, 1.54) is 22.5 Å². The average molecular weight is 479 g/mol. The first-order valence-corrected chi connectivity index (χ1v) is 12.6. The van der Waals surface area contributed by atoms with Gasteiger partial charge in [-0.05, 0) is 41.8 Å². The van der Waals surface area contributed by atoms with Crippen LogP contribution in [-0.4, -0.2) is 53.7 Å². The van der Waals surface area contributed by atoms with Crippen LogP contribution in [0.15, 0.2) is 47.8 Å². The third-order valence-corrected chi connectivity index (χ3v) is 7.22. The summed E-state index contributed by atoms with van der Waals surface area (Å²) < 4.78 is 10.9. The minimum Gasteiger partial charge on any atom is -0.454 e. The lowest BCUT2D eigenvalue weighted by Crippen LogP contribution is -2.45. The van der Waals surface area contributed by atoms with E-state index < -0.39 is 0 Å². The molecule has 8 heteroatoms. The second kappa shape index (κ2) is 10.1. The Morgan fingerprint density at radius 3 is 2.35 bits per heavy atom. The topological polar surface area (TPSA) is 58.1 Å². The summed E-state index contributed by atoms with van der Waals surface area (Å²) in [5, 5.41) is 2.80. The molecule has 178 valence electrons. The van der Waals surface area contributed by atoms with E-state index in [4.69, 9.17) is 14.5 Å². The van der Waals surface area contributed by atoms with Gasteiger partial charge in [0.2, 0.25) is 12.7 Å². The van der Waals surface area contributed by atoms with Gasteiger partial charge in [-0.25, -0.2) is 4.98 Å². The Labute approximate surface area is 204 Å². The fourth-order valence-corrected chi connectivity index (χ4v) is 5.29. The number of benzene rings is 2. The molecule has 0 bridgehead atoms. The smallest absolute Gasteiger partial charge is 0.231 e. The molecule has 3 heterocycles. The molecule has 5 rings (SSSR count). The first-order chi connectivity index (χ1) is 16.6. The lowest BCUT2D eigenvalue weighted by atomic mass is 10.1. The highest BCUT2D eigenvalue weighted by Gasteiger charge is 2.22. The number of carbonyl (C=O) groups is 1. The molecule has 0 saturated carbocycles. The molecule has 1 amide bonds. The summed E-state index contributed by atoms with van der Waals surface area (Å²) in [6, 6.07) is 14.3. The van der Waals surface area contributed by atoms with Crippen LogP contribution in [0.1, 0.15) is 30.7 Å². The van der Waals surface area contributed by atoms with Gasteiger partial charge >= 0.3 is 0 Å². The van der Waals surface area contributed by atoms with Crippen LogP contribution in [-0.2, 0) is 24.3 Å². The zero-order chi connectivity index (χ0) is 23.5. The molecule has 0 aliphatic carbocycles. The van der Waals surface area contributed by atoms with Gasteiger partial charge in [0.25, 0.3) is 0 Å². The van der Waals surface area contributed by atoms with Gasteiger partial charge in [-0.3, -0.25) is 19.5 Å². The predicted octanol–water partition coefficient (Wildman–Crippen LogP) is 4.44. The summed E-state index contributed by atoms with van der Waals surface area (Å²) >= 11 is 1.53. The Balaban J connectivity index is 1.17. The Morgan fingerprint density at radius 1 is 0.971 bits per heavy atom. The van der Waals surface area contributed by atoms with Gasteiger partial charge in [0.1, 0.15) is 0 Å². The SMILES string of the molecule is CCc1ccc(N(C(C)=O)c2nc(CN3CCN(Cc4ccc5c(c4)OCO5)CC3)cs2)cc1. The lowest BCUT2D eigenvalue weighted by molar-refractivity contribution is -0.115. The molecule has 34 heavy (non-hydrogen) atoms. The van der Waals surface area contributed by atoms with Crippen LogP contribution in [0.5, 0.6) is 11.5 Å². The van der Waals surface area contributed by atoms with Crippen molar-refractivity contribution in [3.63, 3.8) is 0 Å². The van der Waals surface area contributed by atoms with E-state index in [-0.39, 0.29) is 5.91 Å². The highest BCUT2D eigenvalue weighted by molar-refractivity contribution is 7.14. The van der Waals surface area contributed by atoms with Crippen LogP contribution < -0.4 is 14.4 Å². The number of hydrogen-bond acceptors (Lipinski definition) is 7. The van der Waals surface area contributed by atoms with Crippen molar-refractivity contribution in [2.45, 2.75) is 33.4 Å². The van der Waals surface area contributed by atoms with Crippen LogP contribution >= 0.6 is 11.3 Å². The van der Waals surface area contributed by atoms with Gasteiger partial charge in [0, 0.05) is 51.6 Å². The molecule has 0 N–H and O–H groups in total. The van der Waals surface area contributed by atoms with E-state index in [1.54, 1.807) is 11.8 Å². The number of nitrogens with zero attached hydrogens (tertiary/aromatic N) is 4. The van der Waals surface area contributed by atoms with E-state index in [2.05, 4.69) is 46.4 Å². The van der Waals surface area contributed by atoms with Gasteiger partial charge in [-0.1, -0.05) is 25.1 Å². The molecule has 1 aromatic heterocycles. The van der Waals surface area contributed by atoms with Crippen molar-refractivity contribution < 1.29 is 14.3 Å². The zero-order valence-corrected chi connectivity index (χ0v) is 20.5. The Hall–Kier alpha value is -2.94. The number of fused-ring (bicyclic) bond motifs is 1. The van der Waals surface area contributed by atoms with Gasteiger partial charge < -0.3 is 9.47 Å². The summed E-state index contributed by atoms with van der Waals surface area (Å²) in [6.45, 7) is 9.74. The fourth-order valence-electron chi connectivity index (χ4n) is 4.41. The summed E-state index contributed by atoms with van der Waals surface area (Å²) in [6.07, 6.45) is 0.978. The third-order valence-electron chi connectivity index (χ3n) is 6.34. The molecule has 7 nitrogen and oxygen atoms in total. The van der Waals surface area contributed by atoms with Crippen molar-refractivity contribution in [3.8, 4) is 11.5 Å². The number of ether oxygens (including phenoxy) is 2. The number of rotatable bonds is 7. The van der Waals surface area contributed by atoms with Crippen LogP contribution in [0, 0.1) is 0 Å². The molecular formula is C26H30N4O3S. The maximum Gasteiger partial charge on any atom is 0.231 e. The van der Waals surface area contributed by atoms with E-state index in [0.29, 0.717) is 6.79 Å². The quantitative estimate of drug-likeness (QED) is 0.501. The second-order valence-electron chi connectivity index (χ2n) is 8.74. The van der Waals surface area contributed by atoms with E-state index >= 15 is 0 Å². The largest absolute Gasteiger partial charge is 0.454 e.